The predicted octanol–water partition coefficient (Wildman–Crippen LogP) is -3.43. The summed E-state index contributed by atoms with van der Waals surface area (Å²) in [6.45, 7) is 12.7. The van der Waals surface area contributed by atoms with Gasteiger partial charge in [-0.3, -0.25) is 14.7 Å². The minimum absolute atomic E-state index is 0.580. The van der Waals surface area contributed by atoms with Crippen molar-refractivity contribution in [3.63, 3.8) is 0 Å². The van der Waals surface area contributed by atoms with E-state index in [1.807, 2.05) is 0 Å². The first-order valence-corrected chi connectivity index (χ1v) is 10.5. The van der Waals surface area contributed by atoms with Crippen LogP contribution in [0.15, 0.2) is 0 Å². The molecule has 0 fully saturated rings. The van der Waals surface area contributed by atoms with Crippen molar-refractivity contribution in [3.8, 4) is 0 Å². The van der Waals surface area contributed by atoms with Crippen LogP contribution < -0.4 is 28.6 Å². The molecule has 28 heavy (non-hydrogen) atoms. The summed E-state index contributed by atoms with van der Waals surface area (Å²) in [5, 5.41) is 0. The number of nitrogens with two attached hydrogens (primary N) is 5. The van der Waals surface area contributed by atoms with Gasteiger partial charge in [0.2, 0.25) is 0 Å². The molecule has 10 heteroatoms. The van der Waals surface area contributed by atoms with Crippen molar-refractivity contribution in [2.75, 3.05) is 111 Å². The van der Waals surface area contributed by atoms with Gasteiger partial charge in [0.25, 0.3) is 0 Å². The van der Waals surface area contributed by atoms with Gasteiger partial charge in [0.05, 0.1) is 7.85 Å². The molecule has 0 aromatic rings. The smallest absolute Gasteiger partial charge is 0.118 e. The van der Waals surface area contributed by atoms with Crippen molar-refractivity contribution in [1.82, 2.24) is 19.6 Å². The van der Waals surface area contributed by atoms with Crippen LogP contribution in [0.25, 0.3) is 0 Å². The zero-order valence-electron chi connectivity index (χ0n) is 22.6. The van der Waals surface area contributed by atoms with Crippen LogP contribution in [0.3, 0.4) is 0 Å². The quantitative estimate of drug-likeness (QED) is 0.0931. The second kappa shape index (κ2) is 20.0. The van der Waals surface area contributed by atoms with Crippen LogP contribution in [-0.4, -0.2) is 139 Å². The summed E-state index contributed by atoms with van der Waals surface area (Å²) in [5.74, 6) is 0. The Bertz CT molecular complexity index is 370. The van der Waals surface area contributed by atoms with E-state index in [1.54, 1.807) is 0 Å². The Hall–Kier alpha value is -0.295. The lowest BCUT2D eigenvalue weighted by Gasteiger charge is -2.31. The lowest BCUT2D eigenvalue weighted by molar-refractivity contribution is 0.161. The normalized spacial score (nSPS) is 14.5. The lowest BCUT2D eigenvalue weighted by Crippen LogP contribution is -2.46. The Kier molecular flexibility index (Phi) is 14.0. The highest BCUT2D eigenvalue weighted by Gasteiger charge is 2.13. The third-order valence-corrected chi connectivity index (χ3v) is 4.78. The number of hydrogen-bond acceptors (Lipinski definition) is 9. The van der Waals surface area contributed by atoms with Crippen molar-refractivity contribution in [3.05, 3.63) is 0 Å². The maximum Gasteiger partial charge on any atom is 0.118 e. The molecule has 0 saturated carbocycles. The van der Waals surface area contributed by atoms with Crippen LogP contribution in [0.4, 0.5) is 0 Å². The van der Waals surface area contributed by atoms with E-state index in [0.29, 0.717) is 39.0 Å². The molecule has 0 unspecified atom stereocenters. The second-order valence-electron chi connectivity index (χ2n) is 6.91. The number of hydrogen-bond donors (Lipinski definition) is 5. The first kappa shape index (κ1) is 19.7. The van der Waals surface area contributed by atoms with Gasteiger partial charge >= 0.3 is 0 Å². The van der Waals surface area contributed by atoms with Gasteiger partial charge in [-0.2, -0.15) is 0 Å². The molecule has 0 bridgehead atoms. The predicted molar refractivity (Wildman–Crippen MR) is 122 cm³/mol. The Morgan fingerprint density at radius 2 is 0.679 bits per heavy atom. The maximum atomic E-state index is 7.21. The molecule has 2 radical (unpaired) electrons. The van der Waals surface area contributed by atoms with Gasteiger partial charge in [0, 0.05) is 105 Å². The van der Waals surface area contributed by atoms with Crippen molar-refractivity contribution in [1.29, 1.82) is 0 Å². The van der Waals surface area contributed by atoms with E-state index >= 15 is 0 Å². The Morgan fingerprint density at radius 1 is 0.429 bits per heavy atom. The Morgan fingerprint density at radius 3 is 0.929 bits per heavy atom. The maximum absolute atomic E-state index is 7.21. The second-order valence-corrected chi connectivity index (χ2v) is 6.91. The number of rotatable bonds is 26. The van der Waals surface area contributed by atoms with Crippen molar-refractivity contribution in [2.24, 2.45) is 28.6 Å². The average Bonchev–Trinajstić information content (AvgIpc) is 2.83. The molecule has 9 nitrogen and oxygen atoms in total. The molecule has 0 aliphatic heterocycles. The highest BCUT2D eigenvalue weighted by Crippen LogP contribution is 1.98. The molecule has 10 N–H and O–H groups in total. The molecule has 0 atom stereocenters. The summed E-state index contributed by atoms with van der Waals surface area (Å²) in [7, 11) is 5.77. The molecule has 0 amide bonds. The lowest BCUT2D eigenvalue weighted by atomic mass is 10.1. The molecule has 0 rings (SSSR count). The molecular formula is C18H46BN9. The van der Waals surface area contributed by atoms with Gasteiger partial charge in [-0.1, -0.05) is 6.32 Å². The summed E-state index contributed by atoms with van der Waals surface area (Å²) >= 11 is 0. The Labute approximate surface area is 181 Å². The topological polar surface area (TPSA) is 143 Å². The van der Waals surface area contributed by atoms with Crippen LogP contribution >= 0.6 is 0 Å². The fourth-order valence-corrected chi connectivity index (χ4v) is 3.16. The number of nitrogens with zero attached hydrogens (tertiary/aromatic N) is 4. The highest BCUT2D eigenvalue weighted by molar-refractivity contribution is 6.08. The molecule has 0 aromatic carbocycles. The summed E-state index contributed by atoms with van der Waals surface area (Å²) in [4.78, 5) is 9.20. The summed E-state index contributed by atoms with van der Waals surface area (Å²) < 4.78 is 36.0. The fraction of sp³-hybridized carbons (Fsp3) is 1.00. The minimum Gasteiger partial charge on any atom is -0.329 e. The molecule has 0 aliphatic rings. The van der Waals surface area contributed by atoms with Gasteiger partial charge in [0.15, 0.2) is 0 Å². The van der Waals surface area contributed by atoms with E-state index in [-0.39, 0.29) is 0 Å². The molecular weight excluding hydrogens is 353 g/mol. The molecule has 0 aromatic heterocycles. The zero-order valence-corrected chi connectivity index (χ0v) is 17.6. The van der Waals surface area contributed by atoms with Gasteiger partial charge in [0.1, 0.15) is 7.06 Å². The first-order chi connectivity index (χ1) is 16.1. The van der Waals surface area contributed by atoms with Crippen LogP contribution in [0, 0.1) is 0 Å². The average molecular weight is 404 g/mol. The first-order valence-electron chi connectivity index (χ1n) is 13.0. The van der Waals surface area contributed by atoms with E-state index in [1.165, 1.54) is 0 Å². The summed E-state index contributed by atoms with van der Waals surface area (Å²) in [6, 6.07) is 0. The van der Waals surface area contributed by atoms with E-state index in [9.17, 15) is 0 Å². The SMILES string of the molecule is [2H]NCCN(CC[B])CCN(CCN(CCN[2H])CCN[2H])CCN(CCN[2H])CCN[2H]. The van der Waals surface area contributed by atoms with Crippen LogP contribution in [0.1, 0.15) is 0 Å². The molecule has 0 heterocycles. The highest BCUT2D eigenvalue weighted by atomic mass is 15.2. The van der Waals surface area contributed by atoms with E-state index in [0.717, 1.165) is 78.5 Å². The molecule has 166 valence electrons. The fourth-order valence-electron chi connectivity index (χ4n) is 3.16. The van der Waals surface area contributed by atoms with Crippen molar-refractivity contribution >= 4 is 7.85 Å². The molecule has 0 saturated heterocycles. The van der Waals surface area contributed by atoms with Gasteiger partial charge in [-0.15, -0.1) is 0 Å². The molecule has 0 spiro atoms. The van der Waals surface area contributed by atoms with Crippen molar-refractivity contribution in [2.45, 2.75) is 6.32 Å². The largest absolute Gasteiger partial charge is 0.329 e. The summed E-state index contributed by atoms with van der Waals surface area (Å²) in [6.07, 6.45) is 0.583. The van der Waals surface area contributed by atoms with Crippen LogP contribution in [0.2, 0.25) is 13.4 Å². The van der Waals surface area contributed by atoms with E-state index in [4.69, 9.17) is 14.9 Å². The minimum atomic E-state index is 0.580. The molecule has 0 aliphatic carbocycles. The van der Waals surface area contributed by atoms with E-state index < -0.39 is 0 Å². The van der Waals surface area contributed by atoms with Gasteiger partial charge < -0.3 is 33.5 Å². The Balaban J connectivity index is 4.97. The standard InChI is InChI=1S/C18H46BN9/c19-1-7-25(8-2-20)13-16-28(17-14-26(9-3-21)10-4-22)18-15-27(11-5-23)12-6-24/h1-18,20-24H2/i/hD5. The third kappa shape index (κ3) is 14.7. The van der Waals surface area contributed by atoms with Crippen LogP contribution in [0.5, 0.6) is 0 Å². The van der Waals surface area contributed by atoms with E-state index in [2.05, 4.69) is 48.2 Å². The van der Waals surface area contributed by atoms with Gasteiger partial charge in [-0.05, 0) is 6.54 Å². The van der Waals surface area contributed by atoms with Crippen LogP contribution in [-0.2, 0) is 0 Å². The van der Waals surface area contributed by atoms with Gasteiger partial charge in [-0.25, -0.2) is 0 Å². The van der Waals surface area contributed by atoms with Crippen molar-refractivity contribution < 1.29 is 7.06 Å². The monoisotopic (exact) mass is 404 g/mol. The third-order valence-electron chi connectivity index (χ3n) is 4.78. The summed E-state index contributed by atoms with van der Waals surface area (Å²) in [5.41, 5.74) is 12.3. The zero-order chi connectivity index (χ0) is 24.6.